The average molecular weight is 297 g/mol. The van der Waals surface area contributed by atoms with Crippen LogP contribution in [0.5, 0.6) is 0 Å². The van der Waals surface area contributed by atoms with E-state index < -0.39 is 9.84 Å². The lowest BCUT2D eigenvalue weighted by molar-refractivity contribution is 0.602. The number of rotatable bonds is 4. The lowest BCUT2D eigenvalue weighted by Gasteiger charge is -2.09. The number of aromatic nitrogens is 1. The second kappa shape index (κ2) is 5.59. The number of anilines is 1. The molecule has 2 rings (SSSR count). The molecule has 0 saturated carbocycles. The zero-order valence-electron chi connectivity index (χ0n) is 10.3. The largest absolute Gasteiger partial charge is 0.380 e. The van der Waals surface area contributed by atoms with Crippen LogP contribution in [0.4, 0.5) is 5.69 Å². The minimum Gasteiger partial charge on any atom is -0.380 e. The van der Waals surface area contributed by atoms with Gasteiger partial charge in [-0.2, -0.15) is 0 Å². The first-order valence-electron chi connectivity index (χ1n) is 5.59. The van der Waals surface area contributed by atoms with Crippen molar-refractivity contribution in [2.75, 3.05) is 11.6 Å². The zero-order chi connectivity index (χ0) is 13.9. The van der Waals surface area contributed by atoms with E-state index in [1.807, 2.05) is 12.1 Å². The van der Waals surface area contributed by atoms with Crippen LogP contribution in [0.3, 0.4) is 0 Å². The molecule has 1 aromatic carbocycles. The molecule has 100 valence electrons. The van der Waals surface area contributed by atoms with Crippen molar-refractivity contribution in [3.8, 4) is 0 Å². The number of halogens is 1. The Kier molecular flexibility index (Phi) is 4.07. The molecule has 1 N–H and O–H groups in total. The second-order valence-corrected chi connectivity index (χ2v) is 6.55. The Morgan fingerprint density at radius 3 is 2.74 bits per heavy atom. The Balaban J connectivity index is 2.21. The van der Waals surface area contributed by atoms with Gasteiger partial charge in [-0.3, -0.25) is 4.98 Å². The van der Waals surface area contributed by atoms with Crippen molar-refractivity contribution in [1.82, 2.24) is 4.98 Å². The van der Waals surface area contributed by atoms with Crippen LogP contribution in [0.1, 0.15) is 5.56 Å². The van der Waals surface area contributed by atoms with Crippen LogP contribution >= 0.6 is 11.6 Å². The monoisotopic (exact) mass is 296 g/mol. The van der Waals surface area contributed by atoms with Crippen LogP contribution in [0.25, 0.3) is 0 Å². The maximum absolute atomic E-state index is 11.5. The van der Waals surface area contributed by atoms with Gasteiger partial charge in [-0.1, -0.05) is 17.7 Å². The third-order valence-corrected chi connectivity index (χ3v) is 4.01. The topological polar surface area (TPSA) is 59.1 Å². The van der Waals surface area contributed by atoms with E-state index in [2.05, 4.69) is 10.3 Å². The Bertz CT molecular complexity index is 672. The highest BCUT2D eigenvalue weighted by molar-refractivity contribution is 7.90. The number of pyridine rings is 1. The highest BCUT2D eigenvalue weighted by atomic mass is 35.5. The van der Waals surface area contributed by atoms with E-state index >= 15 is 0 Å². The Labute approximate surface area is 117 Å². The number of benzene rings is 1. The van der Waals surface area contributed by atoms with Crippen molar-refractivity contribution in [2.45, 2.75) is 11.4 Å². The van der Waals surface area contributed by atoms with Crippen molar-refractivity contribution < 1.29 is 8.42 Å². The van der Waals surface area contributed by atoms with Gasteiger partial charge in [0.25, 0.3) is 0 Å². The molecule has 0 aliphatic carbocycles. The van der Waals surface area contributed by atoms with E-state index in [0.29, 0.717) is 17.3 Å². The predicted molar refractivity (Wildman–Crippen MR) is 76.1 cm³/mol. The molecule has 0 saturated heterocycles. The third-order valence-electron chi connectivity index (χ3n) is 2.57. The third kappa shape index (κ3) is 3.68. The molecule has 0 aliphatic heterocycles. The fraction of sp³-hybridized carbons (Fsp3) is 0.154. The molecule has 0 unspecified atom stereocenters. The van der Waals surface area contributed by atoms with Gasteiger partial charge in [0.05, 0.1) is 15.6 Å². The molecule has 0 radical (unpaired) electrons. The maximum atomic E-state index is 11.5. The van der Waals surface area contributed by atoms with Gasteiger partial charge in [-0.15, -0.1) is 0 Å². The van der Waals surface area contributed by atoms with E-state index in [-0.39, 0.29) is 4.90 Å². The SMILES string of the molecule is CS(=O)(=O)c1ccc(Cl)c(NCc2cccnc2)c1. The lowest BCUT2D eigenvalue weighted by Crippen LogP contribution is -2.03. The van der Waals surface area contributed by atoms with Crippen molar-refractivity contribution in [1.29, 1.82) is 0 Å². The van der Waals surface area contributed by atoms with E-state index in [4.69, 9.17) is 11.6 Å². The summed E-state index contributed by atoms with van der Waals surface area (Å²) in [5.74, 6) is 0. The zero-order valence-corrected chi connectivity index (χ0v) is 11.9. The molecule has 0 amide bonds. The van der Waals surface area contributed by atoms with Crippen LogP contribution < -0.4 is 5.32 Å². The number of hydrogen-bond acceptors (Lipinski definition) is 4. The fourth-order valence-corrected chi connectivity index (χ4v) is 2.40. The van der Waals surface area contributed by atoms with Crippen molar-refractivity contribution in [3.63, 3.8) is 0 Å². The molecule has 4 nitrogen and oxygen atoms in total. The minimum absolute atomic E-state index is 0.241. The number of nitrogens with zero attached hydrogens (tertiary/aromatic N) is 1. The molecule has 1 aromatic heterocycles. The summed E-state index contributed by atoms with van der Waals surface area (Å²) in [5, 5.41) is 3.59. The van der Waals surface area contributed by atoms with Gasteiger partial charge >= 0.3 is 0 Å². The smallest absolute Gasteiger partial charge is 0.175 e. The molecule has 6 heteroatoms. The molecule has 0 atom stereocenters. The maximum Gasteiger partial charge on any atom is 0.175 e. The lowest BCUT2D eigenvalue weighted by atomic mass is 10.2. The molecule has 0 fully saturated rings. The van der Waals surface area contributed by atoms with E-state index in [1.165, 1.54) is 18.4 Å². The van der Waals surface area contributed by atoms with Gasteiger partial charge < -0.3 is 5.32 Å². The number of sulfone groups is 1. The Morgan fingerprint density at radius 2 is 2.11 bits per heavy atom. The van der Waals surface area contributed by atoms with Crippen LogP contribution in [0, 0.1) is 0 Å². The first-order chi connectivity index (χ1) is 8.97. The molecular weight excluding hydrogens is 284 g/mol. The summed E-state index contributed by atoms with van der Waals surface area (Å²) in [6, 6.07) is 8.37. The first-order valence-corrected chi connectivity index (χ1v) is 7.86. The second-order valence-electron chi connectivity index (χ2n) is 4.13. The van der Waals surface area contributed by atoms with E-state index in [0.717, 1.165) is 5.56 Å². The van der Waals surface area contributed by atoms with Crippen LogP contribution in [-0.4, -0.2) is 19.7 Å². The van der Waals surface area contributed by atoms with Crippen LogP contribution in [0.2, 0.25) is 5.02 Å². The highest BCUT2D eigenvalue weighted by Gasteiger charge is 2.10. The molecule has 0 aliphatic rings. The highest BCUT2D eigenvalue weighted by Crippen LogP contribution is 2.25. The average Bonchev–Trinajstić information content (AvgIpc) is 2.37. The number of hydrogen-bond donors (Lipinski definition) is 1. The van der Waals surface area contributed by atoms with Crippen molar-refractivity contribution in [2.24, 2.45) is 0 Å². The summed E-state index contributed by atoms with van der Waals surface area (Å²) in [6.07, 6.45) is 4.60. The Morgan fingerprint density at radius 1 is 1.32 bits per heavy atom. The van der Waals surface area contributed by atoms with Crippen LogP contribution in [0.15, 0.2) is 47.6 Å². The van der Waals surface area contributed by atoms with E-state index in [1.54, 1.807) is 18.5 Å². The summed E-state index contributed by atoms with van der Waals surface area (Å²) in [5.41, 5.74) is 1.58. The quantitative estimate of drug-likeness (QED) is 0.942. The summed E-state index contributed by atoms with van der Waals surface area (Å²) in [4.78, 5) is 4.25. The summed E-state index contributed by atoms with van der Waals surface area (Å²) < 4.78 is 23.0. The molecule has 1 heterocycles. The van der Waals surface area contributed by atoms with Gasteiger partial charge in [-0.25, -0.2) is 8.42 Å². The standard InChI is InChI=1S/C13H13ClN2O2S/c1-19(17,18)11-4-5-12(14)13(7-11)16-9-10-3-2-6-15-8-10/h2-8,16H,9H2,1H3. The fourth-order valence-electron chi connectivity index (χ4n) is 1.57. The molecular formula is C13H13ClN2O2S. The van der Waals surface area contributed by atoms with Gasteiger partial charge in [0.15, 0.2) is 9.84 Å². The summed E-state index contributed by atoms with van der Waals surface area (Å²) in [6.45, 7) is 0.529. The van der Waals surface area contributed by atoms with Crippen LogP contribution in [-0.2, 0) is 16.4 Å². The molecule has 0 bridgehead atoms. The summed E-state index contributed by atoms with van der Waals surface area (Å²) >= 11 is 6.04. The van der Waals surface area contributed by atoms with Gasteiger partial charge in [-0.05, 0) is 29.8 Å². The minimum atomic E-state index is -3.24. The van der Waals surface area contributed by atoms with Gasteiger partial charge in [0.1, 0.15) is 0 Å². The predicted octanol–water partition coefficient (Wildman–Crippen LogP) is 2.75. The van der Waals surface area contributed by atoms with Crippen molar-refractivity contribution >= 4 is 27.1 Å². The number of nitrogens with one attached hydrogen (secondary N) is 1. The van der Waals surface area contributed by atoms with Crippen molar-refractivity contribution in [3.05, 3.63) is 53.3 Å². The van der Waals surface area contributed by atoms with Gasteiger partial charge in [0, 0.05) is 25.2 Å². The van der Waals surface area contributed by atoms with Gasteiger partial charge in [0.2, 0.25) is 0 Å². The molecule has 2 aromatic rings. The molecule has 19 heavy (non-hydrogen) atoms. The first kappa shape index (κ1) is 13.8. The normalized spacial score (nSPS) is 11.3. The summed E-state index contributed by atoms with van der Waals surface area (Å²) in [7, 11) is -3.24. The Hall–Kier alpha value is -1.59. The molecule has 0 spiro atoms. The van der Waals surface area contributed by atoms with E-state index in [9.17, 15) is 8.42 Å².